The Labute approximate surface area is 199 Å². The van der Waals surface area contributed by atoms with Gasteiger partial charge in [-0.3, -0.25) is 20.4 Å². The number of carbonyl (C=O) groups is 2. The average Bonchev–Trinajstić information content (AvgIpc) is 3.45. The number of benzene rings is 2. The maximum atomic E-state index is 13.5. The molecule has 0 saturated carbocycles. The number of rotatable bonds is 9. The number of carbonyl (C=O) groups excluding carboxylic acids is 2. The zero-order chi connectivity index (χ0) is 24.1. The summed E-state index contributed by atoms with van der Waals surface area (Å²) in [6.07, 6.45) is 4.88. The van der Waals surface area contributed by atoms with Crippen LogP contribution in [0.15, 0.2) is 54.7 Å². The summed E-state index contributed by atoms with van der Waals surface area (Å²) in [6, 6.07) is 14.3. The fourth-order valence-electron chi connectivity index (χ4n) is 4.67. The Hall–Kier alpha value is -3.23. The predicted molar refractivity (Wildman–Crippen MR) is 130 cm³/mol. The molecule has 2 heterocycles. The molecular formula is C26H32FN5O2. The first kappa shape index (κ1) is 23.9. The lowest BCUT2D eigenvalue weighted by Crippen LogP contribution is -2.48. The van der Waals surface area contributed by atoms with Crippen molar-refractivity contribution in [3.05, 3.63) is 71.7 Å². The van der Waals surface area contributed by atoms with E-state index < -0.39 is 6.04 Å². The van der Waals surface area contributed by atoms with Crippen LogP contribution in [0.5, 0.6) is 0 Å². The number of halogens is 1. The van der Waals surface area contributed by atoms with Gasteiger partial charge in [0.15, 0.2) is 0 Å². The zero-order valence-corrected chi connectivity index (χ0v) is 19.6. The molecule has 3 unspecified atom stereocenters. The van der Waals surface area contributed by atoms with Crippen LogP contribution in [-0.2, 0) is 16.0 Å². The highest BCUT2D eigenvalue weighted by atomic mass is 19.1. The molecule has 4 N–H and O–H groups in total. The van der Waals surface area contributed by atoms with Crippen LogP contribution in [0.2, 0.25) is 0 Å². The van der Waals surface area contributed by atoms with Crippen LogP contribution >= 0.6 is 0 Å². The monoisotopic (exact) mass is 465 g/mol. The molecule has 0 aliphatic carbocycles. The molecule has 1 saturated heterocycles. The molecule has 0 radical (unpaired) electrons. The third kappa shape index (κ3) is 5.81. The third-order valence-corrected chi connectivity index (χ3v) is 6.43. The number of aromatic nitrogens is 1. The number of nitrogens with zero attached hydrogens (tertiary/aromatic N) is 1. The molecule has 1 aliphatic rings. The number of amides is 2. The van der Waals surface area contributed by atoms with Crippen molar-refractivity contribution in [1.29, 1.82) is 0 Å². The number of hydrazine groups is 1. The van der Waals surface area contributed by atoms with Crippen molar-refractivity contribution in [1.82, 2.24) is 26.1 Å². The zero-order valence-electron chi connectivity index (χ0n) is 19.6. The summed E-state index contributed by atoms with van der Waals surface area (Å²) in [7, 11) is 1.78. The van der Waals surface area contributed by atoms with E-state index in [0.717, 1.165) is 41.3 Å². The van der Waals surface area contributed by atoms with E-state index in [-0.39, 0.29) is 29.7 Å². The van der Waals surface area contributed by atoms with Crippen molar-refractivity contribution in [3.63, 3.8) is 0 Å². The van der Waals surface area contributed by atoms with Crippen LogP contribution < -0.4 is 16.2 Å². The Morgan fingerprint density at radius 2 is 2.00 bits per heavy atom. The molecule has 4 rings (SSSR count). The molecule has 0 bridgehead atoms. The minimum Gasteiger partial charge on any atom is -0.361 e. The van der Waals surface area contributed by atoms with Crippen molar-refractivity contribution in [2.45, 2.75) is 50.7 Å². The number of hydrogen-bond donors (Lipinski definition) is 4. The second kappa shape index (κ2) is 10.8. The summed E-state index contributed by atoms with van der Waals surface area (Å²) in [5, 5.41) is 3.88. The highest BCUT2D eigenvalue weighted by molar-refractivity contribution is 5.89. The highest BCUT2D eigenvalue weighted by Gasteiger charge is 2.27. The fraction of sp³-hybridized carbons (Fsp3) is 0.385. The first-order valence-corrected chi connectivity index (χ1v) is 11.7. The smallest absolute Gasteiger partial charge is 0.245 e. The van der Waals surface area contributed by atoms with Crippen molar-refractivity contribution in [2.24, 2.45) is 0 Å². The largest absolute Gasteiger partial charge is 0.361 e. The fourth-order valence-corrected chi connectivity index (χ4v) is 4.67. The molecule has 3 atom stereocenters. The van der Waals surface area contributed by atoms with Gasteiger partial charge in [0.1, 0.15) is 11.9 Å². The number of fused-ring (bicyclic) bond motifs is 1. The van der Waals surface area contributed by atoms with E-state index in [2.05, 4.69) is 21.2 Å². The van der Waals surface area contributed by atoms with Crippen molar-refractivity contribution < 1.29 is 14.0 Å². The number of nitrogens with one attached hydrogen (secondary N) is 4. The molecule has 1 aliphatic heterocycles. The number of H-pyrrole nitrogens is 1. The van der Waals surface area contributed by atoms with Crippen LogP contribution in [0, 0.1) is 5.82 Å². The molecule has 7 nitrogen and oxygen atoms in total. The van der Waals surface area contributed by atoms with Gasteiger partial charge in [0.05, 0.1) is 0 Å². The van der Waals surface area contributed by atoms with E-state index in [1.165, 1.54) is 13.0 Å². The quantitative estimate of drug-likeness (QED) is 0.391. The van der Waals surface area contributed by atoms with E-state index in [0.29, 0.717) is 13.0 Å². The van der Waals surface area contributed by atoms with Gasteiger partial charge in [-0.1, -0.05) is 30.3 Å². The van der Waals surface area contributed by atoms with E-state index in [1.54, 1.807) is 24.1 Å². The van der Waals surface area contributed by atoms with Gasteiger partial charge in [0, 0.05) is 56.1 Å². The lowest BCUT2D eigenvalue weighted by atomic mass is 9.99. The summed E-state index contributed by atoms with van der Waals surface area (Å²) in [4.78, 5) is 29.9. The van der Waals surface area contributed by atoms with E-state index in [1.807, 2.05) is 36.5 Å². The van der Waals surface area contributed by atoms with E-state index in [9.17, 15) is 14.0 Å². The molecule has 2 aromatic carbocycles. The Morgan fingerprint density at radius 1 is 1.18 bits per heavy atom. The summed E-state index contributed by atoms with van der Waals surface area (Å²) in [6.45, 7) is 2.02. The van der Waals surface area contributed by atoms with Crippen LogP contribution in [-0.4, -0.2) is 47.4 Å². The Morgan fingerprint density at radius 3 is 2.79 bits per heavy atom. The van der Waals surface area contributed by atoms with Gasteiger partial charge in [-0.2, -0.15) is 0 Å². The third-order valence-electron chi connectivity index (χ3n) is 6.43. The second-order valence-electron chi connectivity index (χ2n) is 9.05. The molecule has 8 heteroatoms. The predicted octanol–water partition coefficient (Wildman–Crippen LogP) is 3.20. The molecule has 2 amide bonds. The van der Waals surface area contributed by atoms with Gasteiger partial charge in [-0.05, 0) is 48.6 Å². The number of likely N-dealkylation sites (N-methyl/N-ethyl adjacent to an activating group) is 1. The van der Waals surface area contributed by atoms with E-state index >= 15 is 0 Å². The van der Waals surface area contributed by atoms with Crippen LogP contribution in [0.25, 0.3) is 10.9 Å². The van der Waals surface area contributed by atoms with Gasteiger partial charge < -0.3 is 15.2 Å². The molecule has 1 aromatic heterocycles. The Kier molecular flexibility index (Phi) is 7.59. The summed E-state index contributed by atoms with van der Waals surface area (Å²) in [5.41, 5.74) is 9.47. The lowest BCUT2D eigenvalue weighted by molar-refractivity contribution is -0.135. The van der Waals surface area contributed by atoms with Crippen molar-refractivity contribution in [3.8, 4) is 0 Å². The van der Waals surface area contributed by atoms with Gasteiger partial charge in [0.2, 0.25) is 11.8 Å². The maximum absolute atomic E-state index is 13.5. The number of para-hydroxylation sites is 1. The van der Waals surface area contributed by atoms with Crippen molar-refractivity contribution >= 4 is 22.7 Å². The van der Waals surface area contributed by atoms with Crippen LogP contribution in [0.4, 0.5) is 4.39 Å². The first-order valence-electron chi connectivity index (χ1n) is 11.7. The topological polar surface area (TPSA) is 89.3 Å². The minimum atomic E-state index is -0.620. The molecular weight excluding hydrogens is 433 g/mol. The summed E-state index contributed by atoms with van der Waals surface area (Å²) < 4.78 is 13.5. The summed E-state index contributed by atoms with van der Waals surface area (Å²) in [5.74, 6) is -0.559. The molecule has 1 fully saturated rings. The van der Waals surface area contributed by atoms with Crippen LogP contribution in [0.3, 0.4) is 0 Å². The molecule has 3 aromatic rings. The standard InChI is InChI=1S/C26H32FN5O2/c1-17(33)29-25(14-19-16-28-23-11-4-3-10-22(19)23)26(34)32(2)12-6-9-21-15-24(31-30-21)18-7-5-8-20(27)13-18/h3-5,7-8,10-11,13,16,21,24-25,28,30-31H,6,9,12,14-15H2,1-2H3,(H,29,33). The normalized spacial score (nSPS) is 18.7. The Bertz CT molecular complexity index is 1150. The molecule has 0 spiro atoms. The van der Waals surface area contributed by atoms with Gasteiger partial charge >= 0.3 is 0 Å². The van der Waals surface area contributed by atoms with Gasteiger partial charge in [-0.25, -0.2) is 4.39 Å². The number of aromatic amines is 1. The number of hydrogen-bond acceptors (Lipinski definition) is 4. The van der Waals surface area contributed by atoms with Crippen molar-refractivity contribution in [2.75, 3.05) is 13.6 Å². The van der Waals surface area contributed by atoms with Gasteiger partial charge in [-0.15, -0.1) is 0 Å². The molecule has 34 heavy (non-hydrogen) atoms. The Balaban J connectivity index is 1.30. The SMILES string of the molecule is CC(=O)NC(Cc1c[nH]c2ccccc12)C(=O)N(C)CCCC1CC(c2cccc(F)c2)NN1. The second-order valence-corrected chi connectivity index (χ2v) is 9.05. The maximum Gasteiger partial charge on any atom is 0.245 e. The lowest BCUT2D eigenvalue weighted by Gasteiger charge is -2.24. The highest BCUT2D eigenvalue weighted by Crippen LogP contribution is 2.25. The van der Waals surface area contributed by atoms with Gasteiger partial charge in [0.25, 0.3) is 0 Å². The average molecular weight is 466 g/mol. The molecule has 180 valence electrons. The van der Waals surface area contributed by atoms with E-state index in [4.69, 9.17) is 0 Å². The summed E-state index contributed by atoms with van der Waals surface area (Å²) >= 11 is 0. The van der Waals surface area contributed by atoms with Crippen LogP contribution in [0.1, 0.15) is 43.4 Å². The minimum absolute atomic E-state index is 0.0698. The first-order chi connectivity index (χ1) is 16.4.